The smallest absolute Gasteiger partial charge is 0.0724 e. The van der Waals surface area contributed by atoms with Gasteiger partial charge in [-0.1, -0.05) is 49.4 Å². The number of hydrogen-bond donors (Lipinski definition) is 1. The summed E-state index contributed by atoms with van der Waals surface area (Å²) >= 11 is 0. The van der Waals surface area contributed by atoms with Crippen LogP contribution in [0.2, 0.25) is 0 Å². The maximum absolute atomic E-state index is 9.59. The molecular weight excluding hydrogens is 212 g/mol. The van der Waals surface area contributed by atoms with Gasteiger partial charge in [0.1, 0.15) is 0 Å². The van der Waals surface area contributed by atoms with E-state index in [-0.39, 0.29) is 6.10 Å². The summed E-state index contributed by atoms with van der Waals surface area (Å²) in [4.78, 5) is 0. The van der Waals surface area contributed by atoms with E-state index in [1.54, 1.807) is 0 Å². The van der Waals surface area contributed by atoms with Gasteiger partial charge in [-0.05, 0) is 24.8 Å². The molecule has 0 radical (unpaired) electrons. The number of ether oxygens (including phenoxy) is 1. The van der Waals surface area contributed by atoms with Gasteiger partial charge in [-0.25, -0.2) is 0 Å². The highest BCUT2D eigenvalue weighted by Gasteiger charge is 2.07. The maximum Gasteiger partial charge on any atom is 0.0724 e. The summed E-state index contributed by atoms with van der Waals surface area (Å²) < 4.78 is 5.63. The number of allylic oxidation sites excluding steroid dienone is 1. The van der Waals surface area contributed by atoms with Gasteiger partial charge in [0.25, 0.3) is 0 Å². The zero-order valence-electron chi connectivity index (χ0n) is 10.7. The Morgan fingerprint density at radius 1 is 1.29 bits per heavy atom. The second kappa shape index (κ2) is 8.04. The van der Waals surface area contributed by atoms with Crippen LogP contribution in [0.5, 0.6) is 0 Å². The topological polar surface area (TPSA) is 29.5 Å². The van der Waals surface area contributed by atoms with Crippen LogP contribution in [0.4, 0.5) is 0 Å². The summed E-state index contributed by atoms with van der Waals surface area (Å²) in [6.45, 7) is 5.34. The normalized spacial score (nSPS) is 15.0. The quantitative estimate of drug-likeness (QED) is 0.734. The Morgan fingerprint density at radius 3 is 2.65 bits per heavy atom. The minimum absolute atomic E-state index is 0.352. The van der Waals surface area contributed by atoms with E-state index < -0.39 is 0 Å². The molecule has 0 aliphatic carbocycles. The molecule has 0 heterocycles. The van der Waals surface area contributed by atoms with E-state index in [0.717, 1.165) is 6.42 Å². The number of aliphatic hydroxyl groups is 1. The Kier molecular flexibility index (Phi) is 6.60. The van der Waals surface area contributed by atoms with Crippen LogP contribution in [0, 0.1) is 5.92 Å². The third-order valence-corrected chi connectivity index (χ3v) is 2.57. The van der Waals surface area contributed by atoms with E-state index in [1.807, 2.05) is 37.3 Å². The first-order valence-corrected chi connectivity index (χ1v) is 6.15. The molecule has 0 aromatic heterocycles. The van der Waals surface area contributed by atoms with Crippen LogP contribution < -0.4 is 0 Å². The first-order chi connectivity index (χ1) is 8.22. The third kappa shape index (κ3) is 6.25. The van der Waals surface area contributed by atoms with E-state index in [4.69, 9.17) is 4.74 Å². The summed E-state index contributed by atoms with van der Waals surface area (Å²) in [5, 5.41) is 9.59. The minimum atomic E-state index is -0.352. The van der Waals surface area contributed by atoms with Crippen molar-refractivity contribution in [3.05, 3.63) is 48.0 Å². The second-order valence-corrected chi connectivity index (χ2v) is 4.43. The van der Waals surface area contributed by atoms with E-state index in [2.05, 4.69) is 19.1 Å². The van der Waals surface area contributed by atoms with Gasteiger partial charge in [0.15, 0.2) is 0 Å². The lowest BCUT2D eigenvalue weighted by atomic mass is 10.0. The van der Waals surface area contributed by atoms with Gasteiger partial charge in [-0.15, -0.1) is 0 Å². The molecule has 0 amide bonds. The highest BCUT2D eigenvalue weighted by atomic mass is 16.5. The summed E-state index contributed by atoms with van der Waals surface area (Å²) in [5.74, 6) is 0.366. The predicted molar refractivity (Wildman–Crippen MR) is 70.7 cm³/mol. The molecule has 0 saturated heterocycles. The van der Waals surface area contributed by atoms with Crippen molar-refractivity contribution >= 4 is 0 Å². The van der Waals surface area contributed by atoms with Gasteiger partial charge in [0, 0.05) is 6.61 Å². The molecule has 1 aromatic rings. The van der Waals surface area contributed by atoms with E-state index in [9.17, 15) is 5.11 Å². The average molecular weight is 234 g/mol. The van der Waals surface area contributed by atoms with Crippen LogP contribution in [-0.4, -0.2) is 17.8 Å². The molecule has 94 valence electrons. The number of benzene rings is 1. The summed E-state index contributed by atoms with van der Waals surface area (Å²) in [6.07, 6.45) is 4.09. The molecule has 2 atom stereocenters. The molecule has 0 fully saturated rings. The molecule has 2 nitrogen and oxygen atoms in total. The van der Waals surface area contributed by atoms with Gasteiger partial charge in [-0.2, -0.15) is 0 Å². The van der Waals surface area contributed by atoms with Crippen molar-refractivity contribution in [2.75, 3.05) is 6.61 Å². The van der Waals surface area contributed by atoms with Crippen molar-refractivity contribution in [2.45, 2.75) is 33.0 Å². The van der Waals surface area contributed by atoms with E-state index in [1.165, 1.54) is 5.56 Å². The van der Waals surface area contributed by atoms with Crippen LogP contribution in [0.25, 0.3) is 0 Å². The lowest BCUT2D eigenvalue weighted by molar-refractivity contribution is 0.0743. The standard InChI is InChI=1S/C15H22O2/c1-3-7-15(16)10-13(2)11-17-12-14-8-5-4-6-9-14/h3-9,13,15-16H,10-12H2,1-2H3/b7-3+. The molecule has 17 heavy (non-hydrogen) atoms. The molecule has 0 aliphatic heterocycles. The third-order valence-electron chi connectivity index (χ3n) is 2.57. The van der Waals surface area contributed by atoms with Crippen LogP contribution in [0.15, 0.2) is 42.5 Å². The van der Waals surface area contributed by atoms with Gasteiger partial charge in [-0.3, -0.25) is 0 Å². The fourth-order valence-electron chi connectivity index (χ4n) is 1.73. The predicted octanol–water partition coefficient (Wildman–Crippen LogP) is 3.17. The first kappa shape index (κ1) is 13.9. The monoisotopic (exact) mass is 234 g/mol. The van der Waals surface area contributed by atoms with Crippen LogP contribution in [0.1, 0.15) is 25.8 Å². The van der Waals surface area contributed by atoms with E-state index in [0.29, 0.717) is 19.1 Å². The van der Waals surface area contributed by atoms with Gasteiger partial charge < -0.3 is 9.84 Å². The van der Waals surface area contributed by atoms with Crippen molar-refractivity contribution in [1.82, 2.24) is 0 Å². The van der Waals surface area contributed by atoms with Crippen molar-refractivity contribution in [3.8, 4) is 0 Å². The molecule has 1 aromatic carbocycles. The molecule has 0 aliphatic rings. The number of aliphatic hydroxyl groups excluding tert-OH is 1. The molecule has 0 bridgehead atoms. The van der Waals surface area contributed by atoms with Crippen LogP contribution >= 0.6 is 0 Å². The van der Waals surface area contributed by atoms with Gasteiger partial charge >= 0.3 is 0 Å². The molecule has 0 saturated carbocycles. The summed E-state index contributed by atoms with van der Waals surface area (Å²) in [6, 6.07) is 10.1. The van der Waals surface area contributed by atoms with Crippen molar-refractivity contribution in [2.24, 2.45) is 5.92 Å². The van der Waals surface area contributed by atoms with Gasteiger partial charge in [0.05, 0.1) is 12.7 Å². The van der Waals surface area contributed by atoms with Crippen LogP contribution in [-0.2, 0) is 11.3 Å². The molecule has 0 spiro atoms. The minimum Gasteiger partial charge on any atom is -0.389 e. The summed E-state index contributed by atoms with van der Waals surface area (Å²) in [5.41, 5.74) is 1.19. The lowest BCUT2D eigenvalue weighted by Crippen LogP contribution is -2.13. The Morgan fingerprint density at radius 2 is 2.00 bits per heavy atom. The van der Waals surface area contributed by atoms with Crippen molar-refractivity contribution in [3.63, 3.8) is 0 Å². The average Bonchev–Trinajstić information content (AvgIpc) is 2.30. The lowest BCUT2D eigenvalue weighted by Gasteiger charge is -2.14. The second-order valence-electron chi connectivity index (χ2n) is 4.43. The van der Waals surface area contributed by atoms with E-state index >= 15 is 0 Å². The molecule has 1 N–H and O–H groups in total. The van der Waals surface area contributed by atoms with Crippen LogP contribution in [0.3, 0.4) is 0 Å². The Hall–Kier alpha value is -1.12. The molecular formula is C15H22O2. The summed E-state index contributed by atoms with van der Waals surface area (Å²) in [7, 11) is 0. The Balaban J connectivity index is 2.18. The fourth-order valence-corrected chi connectivity index (χ4v) is 1.73. The SMILES string of the molecule is C/C=C/C(O)CC(C)COCc1ccccc1. The number of rotatable bonds is 7. The van der Waals surface area contributed by atoms with Crippen molar-refractivity contribution in [1.29, 1.82) is 0 Å². The zero-order valence-corrected chi connectivity index (χ0v) is 10.7. The van der Waals surface area contributed by atoms with Crippen molar-refractivity contribution < 1.29 is 9.84 Å². The highest BCUT2D eigenvalue weighted by molar-refractivity contribution is 5.13. The molecule has 1 rings (SSSR count). The van der Waals surface area contributed by atoms with Gasteiger partial charge in [0.2, 0.25) is 0 Å². The first-order valence-electron chi connectivity index (χ1n) is 6.15. The Labute approximate surface area is 104 Å². The molecule has 2 unspecified atom stereocenters. The highest BCUT2D eigenvalue weighted by Crippen LogP contribution is 2.09. The zero-order chi connectivity index (χ0) is 12.5. The Bertz CT molecular complexity index is 319. The maximum atomic E-state index is 9.59. The molecule has 2 heteroatoms. The largest absolute Gasteiger partial charge is 0.389 e. The fraction of sp³-hybridized carbons (Fsp3) is 0.467. The number of hydrogen-bond acceptors (Lipinski definition) is 2.